The summed E-state index contributed by atoms with van der Waals surface area (Å²) in [5, 5.41) is 11.2. The molecule has 3 amide bonds. The van der Waals surface area contributed by atoms with Crippen LogP contribution in [0.15, 0.2) is 66.7 Å². The van der Waals surface area contributed by atoms with Crippen LogP contribution >= 0.6 is 0 Å². The Kier molecular flexibility index (Phi) is 12.7. The number of amides is 3. The molecular weight excluding hydrogens is 560 g/mol. The summed E-state index contributed by atoms with van der Waals surface area (Å²) in [5.41, 5.74) is 14.0. The van der Waals surface area contributed by atoms with Crippen molar-refractivity contribution in [2.24, 2.45) is 11.5 Å². The number of hydrogen-bond donors (Lipinski definition) is 3. The van der Waals surface area contributed by atoms with Gasteiger partial charge in [0.2, 0.25) is 5.91 Å². The molecule has 3 aromatic carbocycles. The van der Waals surface area contributed by atoms with E-state index in [9.17, 15) is 19.5 Å². The van der Waals surface area contributed by atoms with Crippen molar-refractivity contribution in [3.8, 4) is 11.5 Å². The van der Waals surface area contributed by atoms with E-state index < -0.39 is 24.0 Å². The molecule has 0 aliphatic rings. The molecule has 0 bridgehead atoms. The van der Waals surface area contributed by atoms with Gasteiger partial charge in [0.05, 0.1) is 20.3 Å². The summed E-state index contributed by atoms with van der Waals surface area (Å²) in [6.07, 6.45) is 0.769. The number of ether oxygens (including phenoxy) is 2. The monoisotopic (exact) mass is 604 g/mol. The minimum atomic E-state index is -1.10. The zero-order valence-corrected chi connectivity index (χ0v) is 26.0. The highest BCUT2D eigenvalue weighted by molar-refractivity contribution is 6.04. The molecule has 0 aliphatic carbocycles. The molecule has 0 saturated heterocycles. The molecule has 2 atom stereocenters. The van der Waals surface area contributed by atoms with Crippen LogP contribution in [0.1, 0.15) is 68.9 Å². The van der Waals surface area contributed by atoms with E-state index in [1.165, 1.54) is 23.1 Å². The topological polar surface area (TPSA) is 148 Å². The van der Waals surface area contributed by atoms with Crippen LogP contribution in [-0.2, 0) is 13.0 Å². The van der Waals surface area contributed by atoms with Gasteiger partial charge < -0.3 is 35.8 Å². The molecule has 0 heterocycles. The van der Waals surface area contributed by atoms with Crippen molar-refractivity contribution in [1.29, 1.82) is 0 Å². The van der Waals surface area contributed by atoms with Gasteiger partial charge >= 0.3 is 0 Å². The van der Waals surface area contributed by atoms with Crippen LogP contribution in [0, 0.1) is 0 Å². The van der Waals surface area contributed by atoms with Gasteiger partial charge in [0.25, 0.3) is 11.8 Å². The van der Waals surface area contributed by atoms with E-state index in [4.69, 9.17) is 20.9 Å². The average Bonchev–Trinajstić information content (AvgIpc) is 3.03. The lowest BCUT2D eigenvalue weighted by atomic mass is 10.00. The highest BCUT2D eigenvalue weighted by Gasteiger charge is 2.26. The van der Waals surface area contributed by atoms with E-state index in [1.54, 1.807) is 31.3 Å². The highest BCUT2D eigenvalue weighted by atomic mass is 16.5. The van der Waals surface area contributed by atoms with Gasteiger partial charge in [-0.05, 0) is 72.9 Å². The predicted molar refractivity (Wildman–Crippen MR) is 170 cm³/mol. The lowest BCUT2D eigenvalue weighted by Gasteiger charge is -2.29. The third-order valence-corrected chi connectivity index (χ3v) is 7.29. The largest absolute Gasteiger partial charge is 0.497 e. The molecule has 0 spiro atoms. The molecule has 0 aromatic heterocycles. The standard InChI is InChI=1S/C34H44N4O6/c1-5-13-37(14-6-2)33(41)26-18-25(32(36)40)19-27(20-26)34(42)38(21-24-10-8-12-29(16-24)44-4)22-31(39)30(35)17-23-9-7-11-28(15-23)43-3/h7-12,15-16,18-20,30-31,39H,5-6,13-14,17,21-22,35H2,1-4H3,(H2,36,40)/t30-,31+/m0/s1. The van der Waals surface area contributed by atoms with Crippen LogP contribution in [0.25, 0.3) is 0 Å². The molecule has 44 heavy (non-hydrogen) atoms. The molecular formula is C34H44N4O6. The fourth-order valence-corrected chi connectivity index (χ4v) is 5.02. The second-order valence-corrected chi connectivity index (χ2v) is 10.8. The number of nitrogens with zero attached hydrogens (tertiary/aromatic N) is 2. The maximum Gasteiger partial charge on any atom is 0.254 e. The van der Waals surface area contributed by atoms with Gasteiger partial charge in [-0.25, -0.2) is 0 Å². The lowest BCUT2D eigenvalue weighted by molar-refractivity contribution is 0.0554. The summed E-state index contributed by atoms with van der Waals surface area (Å²) in [4.78, 5) is 43.0. The summed E-state index contributed by atoms with van der Waals surface area (Å²) in [7, 11) is 3.13. The first-order chi connectivity index (χ1) is 21.1. The van der Waals surface area contributed by atoms with Crippen molar-refractivity contribution in [2.45, 2.75) is 51.8 Å². The molecule has 0 aliphatic heterocycles. The molecule has 3 aromatic rings. The number of primary amides is 1. The zero-order chi connectivity index (χ0) is 32.2. The number of hydrogen-bond acceptors (Lipinski definition) is 7. The number of methoxy groups -OCH3 is 2. The van der Waals surface area contributed by atoms with E-state index in [0.29, 0.717) is 31.0 Å². The number of rotatable bonds is 16. The summed E-state index contributed by atoms with van der Waals surface area (Å²) in [6, 6.07) is 18.2. The van der Waals surface area contributed by atoms with Gasteiger partial charge in [0, 0.05) is 48.9 Å². The number of aliphatic hydroxyl groups excluding tert-OH is 1. The van der Waals surface area contributed by atoms with Crippen LogP contribution in [0.4, 0.5) is 0 Å². The molecule has 3 rings (SSSR count). The Hall–Kier alpha value is -4.41. The molecule has 0 saturated carbocycles. The minimum absolute atomic E-state index is 0.0451. The third kappa shape index (κ3) is 9.29. The van der Waals surface area contributed by atoms with E-state index in [-0.39, 0.29) is 35.7 Å². The Morgan fingerprint density at radius 2 is 1.27 bits per heavy atom. The van der Waals surface area contributed by atoms with E-state index in [1.807, 2.05) is 50.2 Å². The van der Waals surface area contributed by atoms with Crippen LogP contribution < -0.4 is 20.9 Å². The van der Waals surface area contributed by atoms with E-state index in [0.717, 1.165) is 24.0 Å². The van der Waals surface area contributed by atoms with Gasteiger partial charge in [-0.15, -0.1) is 0 Å². The van der Waals surface area contributed by atoms with Gasteiger partial charge in [0.1, 0.15) is 11.5 Å². The highest BCUT2D eigenvalue weighted by Crippen LogP contribution is 2.21. The van der Waals surface area contributed by atoms with Crippen molar-refractivity contribution >= 4 is 17.7 Å². The maximum absolute atomic E-state index is 14.1. The second kappa shape index (κ2) is 16.4. The minimum Gasteiger partial charge on any atom is -0.497 e. The maximum atomic E-state index is 14.1. The Labute approximate surface area is 259 Å². The fraction of sp³-hybridized carbons (Fsp3) is 0.382. The first kappa shape index (κ1) is 34.1. The number of benzene rings is 3. The first-order valence-electron chi connectivity index (χ1n) is 14.8. The summed E-state index contributed by atoms with van der Waals surface area (Å²) in [6.45, 7) is 5.03. The molecule has 0 unspecified atom stereocenters. The van der Waals surface area contributed by atoms with Crippen molar-refractivity contribution in [3.63, 3.8) is 0 Å². The Morgan fingerprint density at radius 3 is 1.80 bits per heavy atom. The second-order valence-electron chi connectivity index (χ2n) is 10.8. The van der Waals surface area contributed by atoms with Gasteiger partial charge in [-0.3, -0.25) is 14.4 Å². The molecule has 10 nitrogen and oxygen atoms in total. The molecule has 0 fully saturated rings. The Morgan fingerprint density at radius 1 is 0.773 bits per heavy atom. The van der Waals surface area contributed by atoms with Crippen molar-refractivity contribution < 1.29 is 29.0 Å². The van der Waals surface area contributed by atoms with Crippen molar-refractivity contribution in [1.82, 2.24) is 9.80 Å². The molecule has 0 radical (unpaired) electrons. The third-order valence-electron chi connectivity index (χ3n) is 7.29. The number of aliphatic hydroxyl groups is 1. The lowest BCUT2D eigenvalue weighted by Crippen LogP contribution is -2.46. The van der Waals surface area contributed by atoms with Gasteiger partial charge in [0.15, 0.2) is 0 Å². The molecule has 236 valence electrons. The number of carbonyl (C=O) groups excluding carboxylic acids is 3. The van der Waals surface area contributed by atoms with Crippen LogP contribution in [0.2, 0.25) is 0 Å². The summed E-state index contributed by atoms with van der Waals surface area (Å²) in [5.74, 6) is -0.248. The Balaban J connectivity index is 1.97. The van der Waals surface area contributed by atoms with Crippen LogP contribution in [0.3, 0.4) is 0 Å². The van der Waals surface area contributed by atoms with Crippen LogP contribution in [-0.4, -0.2) is 78.6 Å². The van der Waals surface area contributed by atoms with Gasteiger partial charge in [-0.1, -0.05) is 38.1 Å². The van der Waals surface area contributed by atoms with E-state index in [2.05, 4.69) is 0 Å². The SMILES string of the molecule is CCCN(CCC)C(=O)c1cc(C(N)=O)cc(C(=O)N(Cc2cccc(OC)c2)C[C@@H](O)[C@@H](N)Cc2cccc(OC)c2)c1. The molecule has 10 heteroatoms. The quantitative estimate of drug-likeness (QED) is 0.226. The predicted octanol–water partition coefficient (Wildman–Crippen LogP) is 3.64. The van der Waals surface area contributed by atoms with Gasteiger partial charge in [-0.2, -0.15) is 0 Å². The van der Waals surface area contributed by atoms with Crippen LogP contribution in [0.5, 0.6) is 11.5 Å². The van der Waals surface area contributed by atoms with Crippen molar-refractivity contribution in [2.75, 3.05) is 33.9 Å². The normalized spacial score (nSPS) is 12.2. The number of carbonyl (C=O) groups is 3. The first-order valence-corrected chi connectivity index (χ1v) is 14.8. The summed E-state index contributed by atoms with van der Waals surface area (Å²) < 4.78 is 10.7. The molecule has 5 N–H and O–H groups in total. The Bertz CT molecular complexity index is 1420. The summed E-state index contributed by atoms with van der Waals surface area (Å²) >= 11 is 0. The number of nitrogens with two attached hydrogens (primary N) is 2. The average molecular weight is 605 g/mol. The van der Waals surface area contributed by atoms with Crippen molar-refractivity contribution in [3.05, 3.63) is 94.5 Å². The fourth-order valence-electron chi connectivity index (χ4n) is 5.02. The van der Waals surface area contributed by atoms with E-state index >= 15 is 0 Å². The zero-order valence-electron chi connectivity index (χ0n) is 26.0. The smallest absolute Gasteiger partial charge is 0.254 e.